The van der Waals surface area contributed by atoms with Crippen molar-refractivity contribution < 1.29 is 27.9 Å². The van der Waals surface area contributed by atoms with Crippen molar-refractivity contribution >= 4 is 15.7 Å². The third kappa shape index (κ3) is 4.28. The molecular formula is C14H22N2O7S. The molecule has 9 nitrogen and oxygen atoms in total. The molecule has 0 fully saturated rings. The normalized spacial score (nSPS) is 15.9. The Morgan fingerprint density at radius 2 is 1.88 bits per heavy atom. The molecule has 0 saturated heterocycles. The molecule has 0 aromatic heterocycles. The van der Waals surface area contributed by atoms with Crippen molar-refractivity contribution in [3.63, 3.8) is 0 Å². The summed E-state index contributed by atoms with van der Waals surface area (Å²) in [6, 6.07) is 3.99. The summed E-state index contributed by atoms with van der Waals surface area (Å²) in [6.07, 6.45) is -0.883. The van der Waals surface area contributed by atoms with E-state index in [9.17, 15) is 23.6 Å². The molecule has 0 spiro atoms. The Balaban J connectivity index is 3.23. The number of aliphatic hydroxyl groups is 1. The number of hydrogen-bond donors (Lipinski definition) is 2. The van der Waals surface area contributed by atoms with Gasteiger partial charge in [0.1, 0.15) is 5.60 Å². The summed E-state index contributed by atoms with van der Waals surface area (Å²) < 4.78 is 37.5. The minimum atomic E-state index is -4.24. The van der Waals surface area contributed by atoms with Crippen LogP contribution < -0.4 is 4.72 Å². The number of sulfonamides is 1. The standard InChI is InChI=1S/C14H22N2O7S/c1-5-12(14(2,17)13(22-3)23-4)15-24(20,21)11-9-7-6-8-10(11)16(18)19/h6-9,12-13,15,17H,5H2,1-4H3/t12-,14-/m1/s1. The van der Waals surface area contributed by atoms with Crippen molar-refractivity contribution in [2.24, 2.45) is 0 Å². The first kappa shape index (κ1) is 20.5. The van der Waals surface area contributed by atoms with Crippen LogP contribution in [0.25, 0.3) is 0 Å². The van der Waals surface area contributed by atoms with Crippen LogP contribution in [0.3, 0.4) is 0 Å². The molecular weight excluding hydrogens is 340 g/mol. The van der Waals surface area contributed by atoms with E-state index in [1.165, 1.54) is 33.3 Å². The topological polar surface area (TPSA) is 128 Å². The molecule has 10 heteroatoms. The quantitative estimate of drug-likeness (QED) is 0.381. The molecule has 1 aromatic rings. The van der Waals surface area contributed by atoms with Crippen LogP contribution in [0.4, 0.5) is 5.69 Å². The molecule has 0 aliphatic carbocycles. The lowest BCUT2D eigenvalue weighted by molar-refractivity contribution is -0.387. The van der Waals surface area contributed by atoms with E-state index in [1.807, 2.05) is 0 Å². The second kappa shape index (κ2) is 7.99. The van der Waals surface area contributed by atoms with E-state index in [0.29, 0.717) is 0 Å². The van der Waals surface area contributed by atoms with Crippen LogP contribution in [0.1, 0.15) is 20.3 Å². The van der Waals surface area contributed by atoms with Gasteiger partial charge in [-0.3, -0.25) is 10.1 Å². The van der Waals surface area contributed by atoms with E-state index in [-0.39, 0.29) is 6.42 Å². The highest BCUT2D eigenvalue weighted by Crippen LogP contribution is 2.26. The van der Waals surface area contributed by atoms with Crippen molar-refractivity contribution in [1.29, 1.82) is 0 Å². The number of benzene rings is 1. The minimum Gasteiger partial charge on any atom is -0.383 e. The summed E-state index contributed by atoms with van der Waals surface area (Å²) in [5, 5.41) is 21.7. The highest BCUT2D eigenvalue weighted by Gasteiger charge is 2.42. The first-order valence-electron chi connectivity index (χ1n) is 7.15. The SMILES string of the molecule is CC[C@@H](NS(=O)(=O)c1ccccc1[N+](=O)[O-])[C@@](C)(O)C(OC)OC. The lowest BCUT2D eigenvalue weighted by Gasteiger charge is -2.37. The first-order valence-corrected chi connectivity index (χ1v) is 8.63. The number of nitro benzene ring substituents is 1. The van der Waals surface area contributed by atoms with Gasteiger partial charge in [0.25, 0.3) is 5.69 Å². The van der Waals surface area contributed by atoms with Crippen molar-refractivity contribution in [3.8, 4) is 0 Å². The third-order valence-electron chi connectivity index (χ3n) is 3.67. The van der Waals surface area contributed by atoms with Crippen LogP contribution in [0.2, 0.25) is 0 Å². The second-order valence-electron chi connectivity index (χ2n) is 5.34. The number of methoxy groups -OCH3 is 2. The van der Waals surface area contributed by atoms with Gasteiger partial charge >= 0.3 is 0 Å². The van der Waals surface area contributed by atoms with Crippen molar-refractivity contribution in [2.75, 3.05) is 14.2 Å². The largest absolute Gasteiger partial charge is 0.383 e. The molecule has 0 heterocycles. The predicted octanol–water partition coefficient (Wildman–Crippen LogP) is 1.02. The van der Waals surface area contributed by atoms with Crippen LogP contribution in [0.5, 0.6) is 0 Å². The van der Waals surface area contributed by atoms with Crippen LogP contribution in [-0.2, 0) is 19.5 Å². The molecule has 0 saturated carbocycles. The summed E-state index contributed by atoms with van der Waals surface area (Å²) in [7, 11) is -1.62. The van der Waals surface area contributed by atoms with Gasteiger partial charge in [-0.05, 0) is 19.4 Å². The maximum Gasteiger partial charge on any atom is 0.289 e. The third-order valence-corrected chi connectivity index (χ3v) is 5.19. The zero-order valence-corrected chi connectivity index (χ0v) is 14.7. The molecule has 0 aliphatic rings. The Labute approximate surface area is 140 Å². The summed E-state index contributed by atoms with van der Waals surface area (Å²) in [4.78, 5) is 9.79. The number of nitro groups is 1. The number of para-hydroxylation sites is 1. The molecule has 24 heavy (non-hydrogen) atoms. The Morgan fingerprint density at radius 1 is 1.33 bits per heavy atom. The lowest BCUT2D eigenvalue weighted by atomic mass is 9.94. The molecule has 136 valence electrons. The van der Waals surface area contributed by atoms with E-state index >= 15 is 0 Å². The van der Waals surface area contributed by atoms with Crippen LogP contribution >= 0.6 is 0 Å². The zero-order chi connectivity index (χ0) is 18.5. The maximum absolute atomic E-state index is 12.6. The smallest absolute Gasteiger partial charge is 0.289 e. The van der Waals surface area contributed by atoms with Gasteiger partial charge in [-0.2, -0.15) is 0 Å². The minimum absolute atomic E-state index is 0.204. The van der Waals surface area contributed by atoms with Gasteiger partial charge in [0.05, 0.1) is 11.0 Å². The molecule has 0 radical (unpaired) electrons. The summed E-state index contributed by atoms with van der Waals surface area (Å²) in [5.41, 5.74) is -2.25. The van der Waals surface area contributed by atoms with Gasteiger partial charge in [-0.25, -0.2) is 13.1 Å². The van der Waals surface area contributed by atoms with Crippen molar-refractivity contribution in [3.05, 3.63) is 34.4 Å². The first-order chi connectivity index (χ1) is 11.1. The van der Waals surface area contributed by atoms with Crippen LogP contribution in [-0.4, -0.2) is 50.6 Å². The Morgan fingerprint density at radius 3 is 2.33 bits per heavy atom. The molecule has 2 atom stereocenters. The zero-order valence-electron chi connectivity index (χ0n) is 13.9. The number of ether oxygens (including phenoxy) is 2. The highest BCUT2D eigenvalue weighted by atomic mass is 32.2. The van der Waals surface area contributed by atoms with Gasteiger partial charge in [0.2, 0.25) is 10.0 Å². The summed E-state index contributed by atoms with van der Waals surface area (Å²) >= 11 is 0. The summed E-state index contributed by atoms with van der Waals surface area (Å²) in [5.74, 6) is 0. The molecule has 1 aromatic carbocycles. The molecule has 1 rings (SSSR count). The molecule has 0 amide bonds. The van der Waals surface area contributed by atoms with Crippen LogP contribution in [0, 0.1) is 10.1 Å². The molecule has 2 N–H and O–H groups in total. The fourth-order valence-electron chi connectivity index (χ4n) is 2.44. The molecule has 0 bridgehead atoms. The van der Waals surface area contributed by atoms with Gasteiger partial charge in [0, 0.05) is 20.3 Å². The molecule has 0 unspecified atom stereocenters. The van der Waals surface area contributed by atoms with E-state index < -0.39 is 43.5 Å². The van der Waals surface area contributed by atoms with Gasteiger partial charge in [-0.15, -0.1) is 0 Å². The average Bonchev–Trinajstić information content (AvgIpc) is 2.53. The number of rotatable bonds is 9. The lowest BCUT2D eigenvalue weighted by Crippen LogP contribution is -2.58. The Bertz CT molecular complexity index is 671. The average molecular weight is 362 g/mol. The van der Waals surface area contributed by atoms with Crippen molar-refractivity contribution in [1.82, 2.24) is 4.72 Å². The predicted molar refractivity (Wildman–Crippen MR) is 85.9 cm³/mol. The van der Waals surface area contributed by atoms with E-state index in [1.54, 1.807) is 6.92 Å². The number of nitrogens with one attached hydrogen (secondary N) is 1. The fourth-order valence-corrected chi connectivity index (χ4v) is 4.02. The Kier molecular flexibility index (Phi) is 6.81. The summed E-state index contributed by atoms with van der Waals surface area (Å²) in [6.45, 7) is 3.02. The van der Waals surface area contributed by atoms with Crippen molar-refractivity contribution in [2.45, 2.75) is 43.1 Å². The fraction of sp³-hybridized carbons (Fsp3) is 0.571. The van der Waals surface area contributed by atoms with Crippen LogP contribution in [0.15, 0.2) is 29.2 Å². The Hall–Kier alpha value is -1.59. The van der Waals surface area contributed by atoms with Gasteiger partial charge < -0.3 is 14.6 Å². The second-order valence-corrected chi connectivity index (χ2v) is 7.02. The number of hydrogen-bond acceptors (Lipinski definition) is 7. The van der Waals surface area contributed by atoms with E-state index in [4.69, 9.17) is 9.47 Å². The van der Waals surface area contributed by atoms with Gasteiger partial charge in [-0.1, -0.05) is 19.1 Å². The van der Waals surface area contributed by atoms with Gasteiger partial charge in [0.15, 0.2) is 11.2 Å². The monoisotopic (exact) mass is 362 g/mol. The molecule has 0 aliphatic heterocycles. The van der Waals surface area contributed by atoms with E-state index in [2.05, 4.69) is 4.72 Å². The van der Waals surface area contributed by atoms with E-state index in [0.717, 1.165) is 12.1 Å². The maximum atomic E-state index is 12.6. The highest BCUT2D eigenvalue weighted by molar-refractivity contribution is 7.89. The number of nitrogens with zero attached hydrogens (tertiary/aromatic N) is 1.